The van der Waals surface area contributed by atoms with E-state index in [2.05, 4.69) is 10.3 Å². The van der Waals surface area contributed by atoms with Gasteiger partial charge >= 0.3 is 0 Å². The molecule has 2 aromatic carbocycles. The first-order valence-electron chi connectivity index (χ1n) is 7.49. The van der Waals surface area contributed by atoms with Gasteiger partial charge in [-0.2, -0.15) is 0 Å². The normalized spacial score (nSPS) is 12.3. The second-order valence-corrected chi connectivity index (χ2v) is 5.46. The molecule has 0 saturated heterocycles. The number of rotatable bonds is 3. The molecule has 24 heavy (non-hydrogen) atoms. The van der Waals surface area contributed by atoms with Crippen LogP contribution in [0.2, 0.25) is 0 Å². The van der Waals surface area contributed by atoms with E-state index >= 15 is 0 Å². The molecule has 1 amide bonds. The van der Waals surface area contributed by atoms with Gasteiger partial charge in [-0.1, -0.05) is 18.2 Å². The molecule has 6 heteroatoms. The molecular formula is C18H14N2O4. The zero-order valence-electron chi connectivity index (χ0n) is 12.7. The Morgan fingerprint density at radius 1 is 1.08 bits per heavy atom. The van der Waals surface area contributed by atoms with E-state index < -0.39 is 0 Å². The third-order valence-electron chi connectivity index (χ3n) is 3.90. The Morgan fingerprint density at radius 2 is 1.92 bits per heavy atom. The largest absolute Gasteiger partial charge is 0.454 e. The van der Waals surface area contributed by atoms with E-state index in [1.54, 1.807) is 24.3 Å². The minimum absolute atomic E-state index is 0.146. The monoisotopic (exact) mass is 322 g/mol. The van der Waals surface area contributed by atoms with E-state index in [9.17, 15) is 9.59 Å². The molecule has 3 aromatic rings. The Morgan fingerprint density at radius 3 is 2.83 bits per heavy atom. The summed E-state index contributed by atoms with van der Waals surface area (Å²) in [5, 5.41) is 3.68. The van der Waals surface area contributed by atoms with Gasteiger partial charge in [0.25, 0.3) is 11.5 Å². The molecule has 1 aromatic heterocycles. The van der Waals surface area contributed by atoms with Crippen LogP contribution in [0.1, 0.15) is 15.9 Å². The van der Waals surface area contributed by atoms with Gasteiger partial charge in [-0.15, -0.1) is 0 Å². The highest BCUT2D eigenvalue weighted by atomic mass is 16.7. The van der Waals surface area contributed by atoms with Crippen LogP contribution >= 0.6 is 0 Å². The second-order valence-electron chi connectivity index (χ2n) is 5.46. The lowest BCUT2D eigenvalue weighted by Gasteiger charge is -2.07. The molecule has 0 fully saturated rings. The number of carbonyl (C=O) groups excluding carboxylic acids is 1. The van der Waals surface area contributed by atoms with Crippen molar-refractivity contribution in [3.8, 4) is 11.5 Å². The van der Waals surface area contributed by atoms with Crippen molar-refractivity contribution in [2.24, 2.45) is 0 Å². The van der Waals surface area contributed by atoms with Crippen molar-refractivity contribution in [3.63, 3.8) is 0 Å². The van der Waals surface area contributed by atoms with Crippen LogP contribution in [-0.4, -0.2) is 17.7 Å². The highest BCUT2D eigenvalue weighted by Crippen LogP contribution is 2.32. The quantitative estimate of drug-likeness (QED) is 0.774. The Labute approximate surface area is 137 Å². The van der Waals surface area contributed by atoms with Crippen LogP contribution in [0.3, 0.4) is 0 Å². The summed E-state index contributed by atoms with van der Waals surface area (Å²) in [7, 11) is 0. The standard InChI is InChI=1S/C18H14N2O4/c21-17(12-5-6-15-16(8-12)24-10-23-15)19-9-13-7-11-3-1-2-4-14(11)20-18(13)22/h1-8H,9-10H2,(H,19,21)(H,20,22). The molecule has 4 rings (SSSR count). The van der Waals surface area contributed by atoms with Crippen molar-refractivity contribution in [1.29, 1.82) is 0 Å². The number of amides is 1. The molecule has 0 radical (unpaired) electrons. The number of benzene rings is 2. The van der Waals surface area contributed by atoms with E-state index in [0.29, 0.717) is 22.6 Å². The SMILES string of the molecule is O=C(NCc1cc2ccccc2[nH]c1=O)c1ccc2c(c1)OCO2. The van der Waals surface area contributed by atoms with Crippen molar-refractivity contribution >= 4 is 16.8 Å². The number of H-pyrrole nitrogens is 1. The molecule has 2 N–H and O–H groups in total. The molecule has 120 valence electrons. The van der Waals surface area contributed by atoms with Gasteiger partial charge in [-0.25, -0.2) is 0 Å². The predicted molar refractivity (Wildman–Crippen MR) is 88.3 cm³/mol. The van der Waals surface area contributed by atoms with Crippen molar-refractivity contribution in [1.82, 2.24) is 10.3 Å². The summed E-state index contributed by atoms with van der Waals surface area (Å²) >= 11 is 0. The summed E-state index contributed by atoms with van der Waals surface area (Å²) in [6.45, 7) is 0.306. The maximum absolute atomic E-state index is 12.3. The Balaban J connectivity index is 1.53. The molecule has 1 aliphatic rings. The number of carbonyl (C=O) groups is 1. The number of aromatic nitrogens is 1. The van der Waals surface area contributed by atoms with Crippen LogP contribution in [0, 0.1) is 0 Å². The van der Waals surface area contributed by atoms with Gasteiger partial charge in [0.05, 0.1) is 0 Å². The number of nitrogens with one attached hydrogen (secondary N) is 2. The van der Waals surface area contributed by atoms with Crippen LogP contribution in [-0.2, 0) is 6.54 Å². The topological polar surface area (TPSA) is 80.4 Å². The van der Waals surface area contributed by atoms with Gasteiger partial charge in [0.1, 0.15) is 0 Å². The van der Waals surface area contributed by atoms with Crippen LogP contribution in [0.15, 0.2) is 53.3 Å². The van der Waals surface area contributed by atoms with E-state index in [1.165, 1.54) is 0 Å². The number of pyridine rings is 1. The average Bonchev–Trinajstić information content (AvgIpc) is 3.07. The van der Waals surface area contributed by atoms with E-state index in [-0.39, 0.29) is 24.8 Å². The smallest absolute Gasteiger partial charge is 0.253 e. The average molecular weight is 322 g/mol. The van der Waals surface area contributed by atoms with E-state index in [4.69, 9.17) is 9.47 Å². The maximum atomic E-state index is 12.3. The van der Waals surface area contributed by atoms with Gasteiger partial charge in [-0.3, -0.25) is 9.59 Å². The fourth-order valence-electron chi connectivity index (χ4n) is 2.64. The Bertz CT molecular complexity index is 994. The van der Waals surface area contributed by atoms with Crippen LogP contribution < -0.4 is 20.3 Å². The summed E-state index contributed by atoms with van der Waals surface area (Å²) < 4.78 is 10.5. The molecule has 6 nitrogen and oxygen atoms in total. The minimum atomic E-state index is -0.277. The molecular weight excluding hydrogens is 308 g/mol. The van der Waals surface area contributed by atoms with Crippen molar-refractivity contribution in [3.05, 3.63) is 70.0 Å². The lowest BCUT2D eigenvalue weighted by Crippen LogP contribution is -2.26. The van der Waals surface area contributed by atoms with Gasteiger partial charge in [0.2, 0.25) is 6.79 Å². The first-order valence-corrected chi connectivity index (χ1v) is 7.49. The van der Waals surface area contributed by atoms with Crippen LogP contribution in [0.5, 0.6) is 11.5 Å². The second kappa shape index (κ2) is 5.73. The number of ether oxygens (including phenoxy) is 2. The first-order chi connectivity index (χ1) is 11.7. The molecule has 0 unspecified atom stereocenters. The number of fused-ring (bicyclic) bond motifs is 2. The Hall–Kier alpha value is -3.28. The minimum Gasteiger partial charge on any atom is -0.454 e. The zero-order chi connectivity index (χ0) is 16.5. The van der Waals surface area contributed by atoms with Crippen molar-refractivity contribution in [2.75, 3.05) is 6.79 Å². The fraction of sp³-hybridized carbons (Fsp3) is 0.111. The highest BCUT2D eigenvalue weighted by molar-refractivity contribution is 5.95. The van der Waals surface area contributed by atoms with Crippen molar-refractivity contribution < 1.29 is 14.3 Å². The highest BCUT2D eigenvalue weighted by Gasteiger charge is 2.16. The third-order valence-corrected chi connectivity index (χ3v) is 3.90. The summed E-state index contributed by atoms with van der Waals surface area (Å²) in [5.74, 6) is 0.893. The molecule has 0 spiro atoms. The summed E-state index contributed by atoms with van der Waals surface area (Å²) in [6.07, 6.45) is 0. The lowest BCUT2D eigenvalue weighted by atomic mass is 10.1. The molecule has 0 saturated carbocycles. The molecule has 0 atom stereocenters. The predicted octanol–water partition coefficient (Wildman–Crippen LogP) is 2.19. The summed E-state index contributed by atoms with van der Waals surface area (Å²) in [5.41, 5.74) is 1.52. The van der Waals surface area contributed by atoms with Gasteiger partial charge in [-0.05, 0) is 35.7 Å². The number of para-hydroxylation sites is 1. The van der Waals surface area contributed by atoms with E-state index in [1.807, 2.05) is 24.3 Å². The van der Waals surface area contributed by atoms with Crippen LogP contribution in [0.4, 0.5) is 0 Å². The lowest BCUT2D eigenvalue weighted by molar-refractivity contribution is 0.0950. The van der Waals surface area contributed by atoms with Gasteiger partial charge in [0.15, 0.2) is 11.5 Å². The van der Waals surface area contributed by atoms with Gasteiger partial charge in [0, 0.05) is 23.2 Å². The number of hydrogen-bond acceptors (Lipinski definition) is 4. The van der Waals surface area contributed by atoms with Gasteiger partial charge < -0.3 is 19.8 Å². The summed E-state index contributed by atoms with van der Waals surface area (Å²) in [6, 6.07) is 14.3. The Kier molecular flexibility index (Phi) is 3.42. The van der Waals surface area contributed by atoms with Crippen LogP contribution in [0.25, 0.3) is 10.9 Å². The third kappa shape index (κ3) is 2.58. The number of hydrogen-bond donors (Lipinski definition) is 2. The van der Waals surface area contributed by atoms with Crippen molar-refractivity contribution in [2.45, 2.75) is 6.54 Å². The first kappa shape index (κ1) is 14.3. The summed E-state index contributed by atoms with van der Waals surface area (Å²) in [4.78, 5) is 27.2. The fourth-order valence-corrected chi connectivity index (χ4v) is 2.64. The molecule has 0 bridgehead atoms. The maximum Gasteiger partial charge on any atom is 0.253 e. The zero-order valence-corrected chi connectivity index (χ0v) is 12.7. The number of aromatic amines is 1. The molecule has 0 aliphatic carbocycles. The van der Waals surface area contributed by atoms with E-state index in [0.717, 1.165) is 10.9 Å². The molecule has 2 heterocycles. The molecule has 1 aliphatic heterocycles.